The molecule has 27 heavy (non-hydrogen) atoms. The maximum atomic E-state index is 11.9. The van der Waals surface area contributed by atoms with Crippen LogP contribution in [0.5, 0.6) is 0 Å². The second-order valence-corrected chi connectivity index (χ2v) is 10.5. The molecule has 0 aromatic rings. The van der Waals surface area contributed by atoms with E-state index in [4.69, 9.17) is 0 Å². The van der Waals surface area contributed by atoms with Crippen molar-refractivity contribution in [1.82, 2.24) is 0 Å². The van der Waals surface area contributed by atoms with Crippen molar-refractivity contribution in [2.24, 2.45) is 52.3 Å². The molecule has 0 heterocycles. The number of fused-ring (bicyclic) bond motifs is 5. The van der Waals surface area contributed by atoms with E-state index in [2.05, 4.69) is 19.9 Å². The summed E-state index contributed by atoms with van der Waals surface area (Å²) in [4.78, 5) is 34.8. The van der Waals surface area contributed by atoms with Gasteiger partial charge in [0.2, 0.25) is 0 Å². The van der Waals surface area contributed by atoms with Crippen LogP contribution in [0.15, 0.2) is 11.6 Å². The molecule has 0 aromatic carbocycles. The van der Waals surface area contributed by atoms with Crippen LogP contribution in [-0.4, -0.2) is 18.9 Å². The fraction of sp³-hybridized carbons (Fsp3) is 0.792. The van der Waals surface area contributed by atoms with Gasteiger partial charge >= 0.3 is 0 Å². The first kappa shape index (κ1) is 19.1. The predicted octanol–water partition coefficient (Wildman–Crippen LogP) is 4.64. The zero-order valence-electron chi connectivity index (χ0n) is 17.0. The Kier molecular flexibility index (Phi) is 4.71. The van der Waals surface area contributed by atoms with E-state index in [9.17, 15) is 14.4 Å². The third-order valence-electron chi connectivity index (χ3n) is 9.47. The highest BCUT2D eigenvalue weighted by Crippen LogP contribution is 2.68. The predicted molar refractivity (Wildman–Crippen MR) is 105 cm³/mol. The van der Waals surface area contributed by atoms with Gasteiger partial charge in [0.25, 0.3) is 0 Å². The Hall–Kier alpha value is -1.25. The number of hydrogen-bond donors (Lipinski definition) is 0. The summed E-state index contributed by atoms with van der Waals surface area (Å²) in [6, 6.07) is 0. The smallest absolute Gasteiger partial charge is 0.126 e. The van der Waals surface area contributed by atoms with Gasteiger partial charge in [0.15, 0.2) is 0 Å². The molecule has 0 saturated heterocycles. The van der Waals surface area contributed by atoms with Gasteiger partial charge < -0.3 is 14.4 Å². The molecule has 0 aliphatic heterocycles. The summed E-state index contributed by atoms with van der Waals surface area (Å²) in [6.07, 6.45) is 13.3. The summed E-state index contributed by atoms with van der Waals surface area (Å²) in [5.74, 6) is 2.20. The van der Waals surface area contributed by atoms with E-state index >= 15 is 0 Å². The Balaban J connectivity index is 1.67. The minimum absolute atomic E-state index is 0.0366. The lowest BCUT2D eigenvalue weighted by Gasteiger charge is -2.58. The molecule has 4 rings (SSSR count). The minimum atomic E-state index is -0.0376. The molecule has 0 spiro atoms. The average Bonchev–Trinajstić information content (AvgIpc) is 2.99. The number of allylic oxidation sites excluding steroid dienone is 2. The third kappa shape index (κ3) is 2.63. The van der Waals surface area contributed by atoms with Crippen molar-refractivity contribution >= 4 is 18.9 Å². The Morgan fingerprint density at radius 1 is 1.04 bits per heavy atom. The highest BCUT2D eigenvalue weighted by Gasteiger charge is 2.62. The van der Waals surface area contributed by atoms with E-state index in [0.29, 0.717) is 17.8 Å². The summed E-state index contributed by atoms with van der Waals surface area (Å²) in [5, 5.41) is 0. The number of carbonyl (C=O) groups excluding carboxylic acids is 3. The van der Waals surface area contributed by atoms with Gasteiger partial charge in [-0.25, -0.2) is 0 Å². The van der Waals surface area contributed by atoms with Crippen molar-refractivity contribution in [3.8, 4) is 0 Å². The van der Waals surface area contributed by atoms with Crippen LogP contribution >= 0.6 is 0 Å². The Morgan fingerprint density at radius 3 is 2.48 bits per heavy atom. The molecular formula is C24H34O3. The van der Waals surface area contributed by atoms with Crippen molar-refractivity contribution in [2.75, 3.05) is 0 Å². The second-order valence-electron chi connectivity index (χ2n) is 10.5. The van der Waals surface area contributed by atoms with E-state index in [1.54, 1.807) is 0 Å². The molecule has 9 atom stereocenters. The zero-order valence-corrected chi connectivity index (χ0v) is 17.0. The van der Waals surface area contributed by atoms with Gasteiger partial charge in [-0.15, -0.1) is 0 Å². The SMILES string of the molecule is CC(C=O)[C@H]1C(C=O)C[C@H]2[C@@H]3CCC4=CC(C=O)CC[C@]4(C)[C@H]3CC[C@]12C. The van der Waals surface area contributed by atoms with Crippen LogP contribution in [0.3, 0.4) is 0 Å². The quantitative estimate of drug-likeness (QED) is 0.535. The first-order valence-corrected chi connectivity index (χ1v) is 11.0. The lowest BCUT2D eigenvalue weighted by molar-refractivity contribution is -0.119. The zero-order chi connectivity index (χ0) is 19.4. The van der Waals surface area contributed by atoms with Gasteiger partial charge in [-0.1, -0.05) is 32.4 Å². The highest BCUT2D eigenvalue weighted by atomic mass is 16.1. The topological polar surface area (TPSA) is 51.2 Å². The van der Waals surface area contributed by atoms with Crippen molar-refractivity contribution in [2.45, 2.75) is 65.7 Å². The van der Waals surface area contributed by atoms with E-state index < -0.39 is 0 Å². The van der Waals surface area contributed by atoms with Crippen molar-refractivity contribution in [1.29, 1.82) is 0 Å². The van der Waals surface area contributed by atoms with Crippen LogP contribution in [-0.2, 0) is 14.4 Å². The Morgan fingerprint density at radius 2 is 1.81 bits per heavy atom. The molecule has 3 unspecified atom stereocenters. The van der Waals surface area contributed by atoms with Crippen molar-refractivity contribution in [3.63, 3.8) is 0 Å². The number of rotatable bonds is 4. The van der Waals surface area contributed by atoms with Gasteiger partial charge in [-0.2, -0.15) is 0 Å². The largest absolute Gasteiger partial charge is 0.303 e. The van der Waals surface area contributed by atoms with E-state index in [0.717, 1.165) is 51.0 Å². The molecule has 4 aliphatic rings. The highest BCUT2D eigenvalue weighted by molar-refractivity contribution is 5.60. The standard InChI is InChI=1S/C24H34O3/c1-15(12-25)22-17(14-27)11-21-19-5-4-18-10-16(13-26)6-8-23(18,2)20(19)7-9-24(21,22)3/h10,12-17,19-22H,4-9,11H2,1-3H3/t15?,16?,17?,19-,20+,21+,22+,23+,24+/m1/s1. The monoisotopic (exact) mass is 370 g/mol. The van der Waals surface area contributed by atoms with Crippen LogP contribution in [0, 0.1) is 52.3 Å². The summed E-state index contributed by atoms with van der Waals surface area (Å²) >= 11 is 0. The van der Waals surface area contributed by atoms with Crippen molar-refractivity contribution < 1.29 is 14.4 Å². The van der Waals surface area contributed by atoms with E-state index in [-0.39, 0.29) is 34.5 Å². The molecule has 3 nitrogen and oxygen atoms in total. The van der Waals surface area contributed by atoms with Crippen LogP contribution in [0.1, 0.15) is 65.7 Å². The second kappa shape index (κ2) is 6.67. The fourth-order valence-corrected chi connectivity index (χ4v) is 8.21. The summed E-state index contributed by atoms with van der Waals surface area (Å²) < 4.78 is 0. The maximum Gasteiger partial charge on any atom is 0.126 e. The summed E-state index contributed by atoms with van der Waals surface area (Å²) in [7, 11) is 0. The van der Waals surface area contributed by atoms with E-state index in [1.807, 2.05) is 6.92 Å². The lowest BCUT2D eigenvalue weighted by atomic mass is 9.46. The van der Waals surface area contributed by atoms with Crippen LogP contribution in [0.25, 0.3) is 0 Å². The van der Waals surface area contributed by atoms with Crippen LogP contribution in [0.4, 0.5) is 0 Å². The molecule has 0 aromatic heterocycles. The van der Waals surface area contributed by atoms with Gasteiger partial charge in [0.05, 0.1) is 0 Å². The Labute approximate surface area is 163 Å². The number of aldehydes is 3. The molecule has 0 amide bonds. The number of hydrogen-bond acceptors (Lipinski definition) is 3. The summed E-state index contributed by atoms with van der Waals surface area (Å²) in [5.41, 5.74) is 1.87. The first-order valence-electron chi connectivity index (χ1n) is 11.0. The normalized spacial score (nSPS) is 49.8. The fourth-order valence-electron chi connectivity index (χ4n) is 8.21. The molecule has 0 N–H and O–H groups in total. The average molecular weight is 371 g/mol. The molecular weight excluding hydrogens is 336 g/mol. The molecule has 3 fully saturated rings. The third-order valence-corrected chi connectivity index (χ3v) is 9.47. The minimum Gasteiger partial charge on any atom is -0.303 e. The first-order chi connectivity index (χ1) is 12.9. The molecule has 3 heteroatoms. The van der Waals surface area contributed by atoms with Crippen LogP contribution in [0.2, 0.25) is 0 Å². The maximum absolute atomic E-state index is 11.9. The van der Waals surface area contributed by atoms with Gasteiger partial charge in [-0.05, 0) is 79.4 Å². The number of carbonyl (C=O) groups is 3. The molecule has 148 valence electrons. The molecule has 0 radical (unpaired) electrons. The molecule has 4 aliphatic carbocycles. The van der Waals surface area contributed by atoms with Gasteiger partial charge in [0, 0.05) is 17.8 Å². The van der Waals surface area contributed by atoms with Gasteiger partial charge in [-0.3, -0.25) is 0 Å². The van der Waals surface area contributed by atoms with E-state index in [1.165, 1.54) is 18.4 Å². The molecule has 0 bridgehead atoms. The Bertz CT molecular complexity index is 667. The molecule has 3 saturated carbocycles. The van der Waals surface area contributed by atoms with Crippen LogP contribution < -0.4 is 0 Å². The summed E-state index contributed by atoms with van der Waals surface area (Å²) in [6.45, 7) is 6.83. The van der Waals surface area contributed by atoms with Gasteiger partial charge in [0.1, 0.15) is 18.9 Å². The lowest BCUT2D eigenvalue weighted by Crippen LogP contribution is -2.51. The van der Waals surface area contributed by atoms with Crippen molar-refractivity contribution in [3.05, 3.63) is 11.6 Å².